The Morgan fingerprint density at radius 3 is 2.20 bits per heavy atom. The highest BCUT2D eigenvalue weighted by molar-refractivity contribution is 5.94. The zero-order valence-corrected chi connectivity index (χ0v) is 17.5. The number of hydrogen-bond donors (Lipinski definition) is 0. The number of amides is 2. The molecule has 2 saturated heterocycles. The number of ether oxygens (including phenoxy) is 1. The molecule has 2 aromatic rings. The van der Waals surface area contributed by atoms with Gasteiger partial charge in [-0.05, 0) is 43.2 Å². The van der Waals surface area contributed by atoms with Crippen molar-refractivity contribution >= 4 is 17.5 Å². The van der Waals surface area contributed by atoms with E-state index >= 15 is 0 Å². The van der Waals surface area contributed by atoms with Crippen molar-refractivity contribution in [1.29, 1.82) is 0 Å². The van der Waals surface area contributed by atoms with E-state index in [4.69, 9.17) is 4.74 Å². The maximum Gasteiger partial charge on any atom is 0.253 e. The fraction of sp³-hybridized carbons (Fsp3) is 0.417. The van der Waals surface area contributed by atoms with Gasteiger partial charge in [-0.3, -0.25) is 9.59 Å². The molecule has 2 aliphatic heterocycles. The van der Waals surface area contributed by atoms with Crippen LogP contribution in [-0.4, -0.2) is 68.0 Å². The summed E-state index contributed by atoms with van der Waals surface area (Å²) in [5, 5.41) is 0. The molecule has 2 aromatic carbocycles. The SMILES string of the molecule is COc1cccc(C(=O)N2CCC(C(=O)N3CCN(c4ccccc4)CC3)CC2)c1. The van der Waals surface area contributed by atoms with Crippen LogP contribution in [0.25, 0.3) is 0 Å². The van der Waals surface area contributed by atoms with Crippen LogP contribution in [0.1, 0.15) is 23.2 Å². The van der Waals surface area contributed by atoms with E-state index in [1.165, 1.54) is 5.69 Å². The highest BCUT2D eigenvalue weighted by atomic mass is 16.5. The highest BCUT2D eigenvalue weighted by Crippen LogP contribution is 2.24. The number of carbonyl (C=O) groups excluding carboxylic acids is 2. The van der Waals surface area contributed by atoms with Crippen LogP contribution in [0.2, 0.25) is 0 Å². The largest absolute Gasteiger partial charge is 0.497 e. The first-order valence-corrected chi connectivity index (χ1v) is 10.7. The standard InChI is InChI=1S/C24H29N3O3/c1-30-22-9-5-6-20(18-22)24(29)26-12-10-19(11-13-26)23(28)27-16-14-25(15-17-27)21-7-3-2-4-8-21/h2-9,18-19H,10-17H2,1H3. The normalized spacial score (nSPS) is 17.7. The number of likely N-dealkylation sites (tertiary alicyclic amines) is 1. The molecule has 6 heteroatoms. The molecule has 0 saturated carbocycles. The lowest BCUT2D eigenvalue weighted by Gasteiger charge is -2.39. The molecular weight excluding hydrogens is 378 g/mol. The molecule has 0 N–H and O–H groups in total. The number of rotatable bonds is 4. The first kappa shape index (κ1) is 20.3. The summed E-state index contributed by atoms with van der Waals surface area (Å²) in [5.41, 5.74) is 1.85. The van der Waals surface area contributed by atoms with Gasteiger partial charge in [0.15, 0.2) is 0 Å². The minimum atomic E-state index is 0.0104. The number of anilines is 1. The van der Waals surface area contributed by atoms with Gasteiger partial charge in [-0.25, -0.2) is 0 Å². The smallest absolute Gasteiger partial charge is 0.253 e. The summed E-state index contributed by atoms with van der Waals surface area (Å²) in [6.07, 6.45) is 1.46. The van der Waals surface area contributed by atoms with E-state index < -0.39 is 0 Å². The van der Waals surface area contributed by atoms with Gasteiger partial charge in [0.1, 0.15) is 5.75 Å². The van der Waals surface area contributed by atoms with Gasteiger partial charge in [-0.1, -0.05) is 24.3 Å². The van der Waals surface area contributed by atoms with Crippen molar-refractivity contribution in [2.45, 2.75) is 12.8 Å². The quantitative estimate of drug-likeness (QED) is 0.782. The minimum Gasteiger partial charge on any atom is -0.497 e. The third kappa shape index (κ3) is 4.42. The van der Waals surface area contributed by atoms with E-state index in [1.807, 2.05) is 46.2 Å². The second-order valence-corrected chi connectivity index (χ2v) is 7.95. The number of para-hydroxylation sites is 1. The van der Waals surface area contributed by atoms with Crippen molar-refractivity contribution in [3.8, 4) is 5.75 Å². The van der Waals surface area contributed by atoms with Gasteiger partial charge in [0.25, 0.3) is 5.91 Å². The number of piperidine rings is 1. The minimum absolute atomic E-state index is 0.0104. The van der Waals surface area contributed by atoms with Crippen molar-refractivity contribution in [3.05, 3.63) is 60.2 Å². The van der Waals surface area contributed by atoms with E-state index in [2.05, 4.69) is 17.0 Å². The van der Waals surface area contributed by atoms with Gasteiger partial charge in [0.05, 0.1) is 7.11 Å². The fourth-order valence-corrected chi connectivity index (χ4v) is 4.35. The summed E-state index contributed by atoms with van der Waals surface area (Å²) in [7, 11) is 1.60. The van der Waals surface area contributed by atoms with Crippen LogP contribution >= 0.6 is 0 Å². The van der Waals surface area contributed by atoms with Gasteiger partial charge in [-0.2, -0.15) is 0 Å². The molecule has 0 atom stereocenters. The zero-order chi connectivity index (χ0) is 20.9. The summed E-state index contributed by atoms with van der Waals surface area (Å²) in [6, 6.07) is 17.6. The first-order valence-electron chi connectivity index (χ1n) is 10.7. The molecule has 0 aliphatic carbocycles. The van der Waals surface area contributed by atoms with Crippen LogP contribution in [0.5, 0.6) is 5.75 Å². The molecule has 2 aliphatic rings. The number of benzene rings is 2. The predicted octanol–water partition coefficient (Wildman–Crippen LogP) is 2.90. The van der Waals surface area contributed by atoms with Crippen LogP contribution in [-0.2, 0) is 4.79 Å². The van der Waals surface area contributed by atoms with Crippen molar-refractivity contribution in [2.24, 2.45) is 5.92 Å². The molecule has 0 aromatic heterocycles. The lowest BCUT2D eigenvalue weighted by molar-refractivity contribution is -0.137. The topological polar surface area (TPSA) is 53.1 Å². The second kappa shape index (κ2) is 9.20. The van der Waals surface area contributed by atoms with Crippen LogP contribution in [0.3, 0.4) is 0 Å². The number of nitrogens with zero attached hydrogens (tertiary/aromatic N) is 3. The van der Waals surface area contributed by atoms with Gasteiger partial charge >= 0.3 is 0 Å². The molecular formula is C24H29N3O3. The Morgan fingerprint density at radius 2 is 1.53 bits per heavy atom. The molecule has 4 rings (SSSR count). The van der Waals surface area contributed by atoms with Crippen molar-refractivity contribution in [2.75, 3.05) is 51.3 Å². The number of methoxy groups -OCH3 is 1. The maximum atomic E-state index is 13.0. The van der Waals surface area contributed by atoms with Crippen molar-refractivity contribution < 1.29 is 14.3 Å². The van der Waals surface area contributed by atoms with Crippen LogP contribution in [0, 0.1) is 5.92 Å². The van der Waals surface area contributed by atoms with Gasteiger partial charge < -0.3 is 19.4 Å². The van der Waals surface area contributed by atoms with Crippen molar-refractivity contribution in [1.82, 2.24) is 9.80 Å². The molecule has 2 heterocycles. The molecule has 6 nitrogen and oxygen atoms in total. The monoisotopic (exact) mass is 407 g/mol. The van der Waals surface area contributed by atoms with Crippen LogP contribution in [0.4, 0.5) is 5.69 Å². The molecule has 30 heavy (non-hydrogen) atoms. The molecule has 2 fully saturated rings. The summed E-state index contributed by atoms with van der Waals surface area (Å²) in [4.78, 5) is 32.0. The number of piperazine rings is 1. The predicted molar refractivity (Wildman–Crippen MR) is 117 cm³/mol. The Hall–Kier alpha value is -3.02. The van der Waals surface area contributed by atoms with E-state index in [0.29, 0.717) is 24.4 Å². The average molecular weight is 408 g/mol. The molecule has 0 spiro atoms. The van der Waals surface area contributed by atoms with Crippen molar-refractivity contribution in [3.63, 3.8) is 0 Å². The lowest BCUT2D eigenvalue weighted by atomic mass is 9.94. The summed E-state index contributed by atoms with van der Waals surface area (Å²) >= 11 is 0. The third-order valence-corrected chi connectivity index (χ3v) is 6.16. The van der Waals surface area contributed by atoms with Crippen LogP contribution in [0.15, 0.2) is 54.6 Å². The zero-order valence-electron chi connectivity index (χ0n) is 17.5. The number of hydrogen-bond acceptors (Lipinski definition) is 4. The average Bonchev–Trinajstić information content (AvgIpc) is 2.84. The van der Waals surface area contributed by atoms with E-state index in [0.717, 1.165) is 39.0 Å². The maximum absolute atomic E-state index is 13.0. The Morgan fingerprint density at radius 1 is 0.833 bits per heavy atom. The summed E-state index contributed by atoms with van der Waals surface area (Å²) < 4.78 is 5.22. The fourth-order valence-electron chi connectivity index (χ4n) is 4.35. The van der Waals surface area contributed by atoms with E-state index in [1.54, 1.807) is 13.2 Å². The molecule has 0 bridgehead atoms. The molecule has 2 amide bonds. The Bertz CT molecular complexity index is 870. The first-order chi connectivity index (χ1) is 14.7. The highest BCUT2D eigenvalue weighted by Gasteiger charge is 2.32. The third-order valence-electron chi connectivity index (χ3n) is 6.16. The van der Waals surface area contributed by atoms with Gasteiger partial charge in [0.2, 0.25) is 5.91 Å². The summed E-state index contributed by atoms with van der Waals surface area (Å²) in [5.74, 6) is 0.954. The Kier molecular flexibility index (Phi) is 6.21. The second-order valence-electron chi connectivity index (χ2n) is 7.95. The van der Waals surface area contributed by atoms with Gasteiger partial charge in [-0.15, -0.1) is 0 Å². The summed E-state index contributed by atoms with van der Waals surface area (Å²) in [6.45, 7) is 4.49. The van der Waals surface area contributed by atoms with E-state index in [9.17, 15) is 9.59 Å². The molecule has 158 valence electrons. The Labute approximate surface area is 178 Å². The number of carbonyl (C=O) groups is 2. The lowest BCUT2D eigenvalue weighted by Crippen LogP contribution is -2.52. The van der Waals surface area contributed by atoms with Gasteiger partial charge in [0, 0.05) is 56.4 Å². The van der Waals surface area contributed by atoms with Crippen LogP contribution < -0.4 is 9.64 Å². The Balaban J connectivity index is 1.28. The molecule has 0 radical (unpaired) electrons. The van der Waals surface area contributed by atoms with E-state index in [-0.39, 0.29) is 17.7 Å². The molecule has 0 unspecified atom stereocenters.